The molecule has 0 aliphatic carbocycles. The minimum absolute atomic E-state index is 0.179. The first-order valence-corrected chi connectivity index (χ1v) is 13.0. The summed E-state index contributed by atoms with van der Waals surface area (Å²) in [4.78, 5) is 25.2. The van der Waals surface area contributed by atoms with E-state index in [0.717, 1.165) is 19.3 Å². The highest BCUT2D eigenvalue weighted by atomic mass is 32.2. The van der Waals surface area contributed by atoms with E-state index < -0.39 is 16.1 Å². The molecule has 0 aromatic heterocycles. The molecule has 1 heterocycles. The standard InChI is InChI=1S/C25H32N2O5S/c1-2-3-4-5-9-19-32-25(29)20-14-16-21(17-15-20)26-24(28)23-13-10-18-27(23)33(30,31)22-11-7-6-8-12-22/h6-8,11-12,14-17,23H,2-5,9-10,13,18-19H2,1H3,(H,26,28). The van der Waals surface area contributed by atoms with Gasteiger partial charge in [-0.15, -0.1) is 0 Å². The van der Waals surface area contributed by atoms with Gasteiger partial charge in [0.15, 0.2) is 0 Å². The molecule has 0 radical (unpaired) electrons. The van der Waals surface area contributed by atoms with Crippen LogP contribution in [0.4, 0.5) is 5.69 Å². The highest BCUT2D eigenvalue weighted by Crippen LogP contribution is 2.27. The fourth-order valence-corrected chi connectivity index (χ4v) is 5.56. The highest BCUT2D eigenvalue weighted by Gasteiger charge is 2.39. The predicted octanol–water partition coefficient (Wildman–Crippen LogP) is 4.61. The van der Waals surface area contributed by atoms with E-state index in [1.807, 2.05) is 0 Å². The second kappa shape index (κ2) is 12.0. The van der Waals surface area contributed by atoms with Crippen molar-refractivity contribution in [3.05, 3.63) is 60.2 Å². The molecule has 1 fully saturated rings. The molecule has 2 aromatic rings. The van der Waals surface area contributed by atoms with Crippen molar-refractivity contribution in [2.75, 3.05) is 18.5 Å². The molecule has 8 heteroatoms. The van der Waals surface area contributed by atoms with Crippen molar-refractivity contribution in [3.8, 4) is 0 Å². The Kier molecular flexibility index (Phi) is 9.03. The lowest BCUT2D eigenvalue weighted by molar-refractivity contribution is -0.119. The number of nitrogens with zero attached hydrogens (tertiary/aromatic N) is 1. The number of hydrogen-bond acceptors (Lipinski definition) is 5. The monoisotopic (exact) mass is 472 g/mol. The molecule has 0 saturated carbocycles. The van der Waals surface area contributed by atoms with Crippen molar-refractivity contribution in [2.45, 2.75) is 62.8 Å². The molecule has 1 aliphatic heterocycles. The lowest BCUT2D eigenvalue weighted by Crippen LogP contribution is -2.43. The van der Waals surface area contributed by atoms with E-state index in [-0.39, 0.29) is 16.8 Å². The number of carbonyl (C=O) groups excluding carboxylic acids is 2. The van der Waals surface area contributed by atoms with E-state index in [2.05, 4.69) is 12.2 Å². The largest absolute Gasteiger partial charge is 0.462 e. The second-order valence-electron chi connectivity index (χ2n) is 8.20. The van der Waals surface area contributed by atoms with Crippen LogP contribution in [0.25, 0.3) is 0 Å². The first-order valence-electron chi connectivity index (χ1n) is 11.6. The maximum atomic E-state index is 13.0. The van der Waals surface area contributed by atoms with Gasteiger partial charge in [-0.1, -0.05) is 50.8 Å². The number of ether oxygens (including phenoxy) is 1. The average molecular weight is 473 g/mol. The van der Waals surface area contributed by atoms with Gasteiger partial charge in [0.25, 0.3) is 0 Å². The number of esters is 1. The second-order valence-corrected chi connectivity index (χ2v) is 10.1. The minimum Gasteiger partial charge on any atom is -0.462 e. The molecule has 3 rings (SSSR count). The number of anilines is 1. The van der Waals surface area contributed by atoms with Crippen molar-refractivity contribution in [1.82, 2.24) is 4.31 Å². The molecule has 0 bridgehead atoms. The maximum absolute atomic E-state index is 13.0. The third-order valence-corrected chi connectivity index (χ3v) is 7.65. The van der Waals surface area contributed by atoms with Crippen LogP contribution < -0.4 is 5.32 Å². The lowest BCUT2D eigenvalue weighted by Gasteiger charge is -2.23. The molecule has 1 atom stereocenters. The van der Waals surface area contributed by atoms with Crippen LogP contribution in [0.15, 0.2) is 59.5 Å². The smallest absolute Gasteiger partial charge is 0.338 e. The van der Waals surface area contributed by atoms with Crippen molar-refractivity contribution in [1.29, 1.82) is 0 Å². The SMILES string of the molecule is CCCCCCCOC(=O)c1ccc(NC(=O)C2CCCN2S(=O)(=O)c2ccccc2)cc1. The number of rotatable bonds is 11. The van der Waals surface area contributed by atoms with Crippen molar-refractivity contribution < 1.29 is 22.7 Å². The third-order valence-electron chi connectivity index (χ3n) is 5.73. The van der Waals surface area contributed by atoms with Gasteiger partial charge in [0, 0.05) is 12.2 Å². The normalized spacial score (nSPS) is 16.5. The number of hydrogen-bond donors (Lipinski definition) is 1. The molecule has 1 saturated heterocycles. The number of nitrogens with one attached hydrogen (secondary N) is 1. The van der Waals surface area contributed by atoms with E-state index in [1.165, 1.54) is 29.3 Å². The predicted molar refractivity (Wildman–Crippen MR) is 127 cm³/mol. The number of benzene rings is 2. The molecule has 33 heavy (non-hydrogen) atoms. The Morgan fingerprint density at radius 1 is 1.00 bits per heavy atom. The molecule has 1 N–H and O–H groups in total. The third kappa shape index (κ3) is 6.65. The molecule has 1 amide bonds. The molecule has 0 spiro atoms. The summed E-state index contributed by atoms with van der Waals surface area (Å²) in [5, 5.41) is 2.78. The summed E-state index contributed by atoms with van der Waals surface area (Å²) < 4.78 is 32.5. The van der Waals surface area contributed by atoms with Gasteiger partial charge in [0.05, 0.1) is 17.1 Å². The Bertz CT molecular complexity index is 1020. The van der Waals surface area contributed by atoms with Crippen LogP contribution in [0.1, 0.15) is 62.2 Å². The van der Waals surface area contributed by atoms with E-state index in [1.54, 1.807) is 42.5 Å². The minimum atomic E-state index is -3.75. The summed E-state index contributed by atoms with van der Waals surface area (Å²) in [5.74, 6) is -0.770. The summed E-state index contributed by atoms with van der Waals surface area (Å²) in [5.41, 5.74) is 0.913. The molecule has 1 unspecified atom stereocenters. The Morgan fingerprint density at radius 3 is 2.39 bits per heavy atom. The van der Waals surface area contributed by atoms with E-state index in [9.17, 15) is 18.0 Å². The van der Waals surface area contributed by atoms with Gasteiger partial charge in [0.2, 0.25) is 15.9 Å². The zero-order chi connectivity index (χ0) is 23.7. The fraction of sp³-hybridized carbons (Fsp3) is 0.440. The van der Waals surface area contributed by atoms with Crippen LogP contribution in [0, 0.1) is 0 Å². The summed E-state index contributed by atoms with van der Waals surface area (Å²) in [6.45, 7) is 2.86. The zero-order valence-electron chi connectivity index (χ0n) is 19.0. The molecule has 2 aromatic carbocycles. The number of amides is 1. The molecule has 178 valence electrons. The van der Waals surface area contributed by atoms with Crippen molar-refractivity contribution in [2.24, 2.45) is 0 Å². The first-order chi connectivity index (χ1) is 15.9. The van der Waals surface area contributed by atoms with Gasteiger partial charge in [-0.3, -0.25) is 4.79 Å². The van der Waals surface area contributed by atoms with Crippen molar-refractivity contribution in [3.63, 3.8) is 0 Å². The van der Waals surface area contributed by atoms with E-state index >= 15 is 0 Å². The Hall–Kier alpha value is -2.71. The first kappa shape index (κ1) is 24.9. The average Bonchev–Trinajstić information content (AvgIpc) is 3.33. The zero-order valence-corrected chi connectivity index (χ0v) is 19.9. The quantitative estimate of drug-likeness (QED) is 0.381. The summed E-state index contributed by atoms with van der Waals surface area (Å²) in [6.07, 6.45) is 6.48. The van der Waals surface area contributed by atoms with Crippen LogP contribution in [0.3, 0.4) is 0 Å². The Balaban J connectivity index is 1.55. The molecule has 1 aliphatic rings. The topological polar surface area (TPSA) is 92.8 Å². The van der Waals surface area contributed by atoms with Crippen LogP contribution in [-0.2, 0) is 19.6 Å². The molecular formula is C25H32N2O5S. The van der Waals surface area contributed by atoms with Gasteiger partial charge in [-0.05, 0) is 55.7 Å². The molecule has 7 nitrogen and oxygen atoms in total. The van der Waals surface area contributed by atoms with Crippen LogP contribution in [0.5, 0.6) is 0 Å². The summed E-state index contributed by atoms with van der Waals surface area (Å²) in [6, 6.07) is 13.8. The fourth-order valence-electron chi connectivity index (χ4n) is 3.89. The van der Waals surface area contributed by atoms with Gasteiger partial charge in [0.1, 0.15) is 6.04 Å². The lowest BCUT2D eigenvalue weighted by atomic mass is 10.1. The van der Waals surface area contributed by atoms with E-state index in [4.69, 9.17) is 4.74 Å². The highest BCUT2D eigenvalue weighted by molar-refractivity contribution is 7.89. The van der Waals surface area contributed by atoms with E-state index in [0.29, 0.717) is 37.2 Å². The van der Waals surface area contributed by atoms with Gasteiger partial charge >= 0.3 is 5.97 Å². The maximum Gasteiger partial charge on any atom is 0.338 e. The molecular weight excluding hydrogens is 440 g/mol. The van der Waals surface area contributed by atoms with Gasteiger partial charge < -0.3 is 10.1 Å². The Labute approximate surface area is 196 Å². The van der Waals surface area contributed by atoms with Crippen LogP contribution >= 0.6 is 0 Å². The summed E-state index contributed by atoms with van der Waals surface area (Å²) in [7, 11) is -3.75. The van der Waals surface area contributed by atoms with Crippen LogP contribution in [0.2, 0.25) is 0 Å². The van der Waals surface area contributed by atoms with Crippen molar-refractivity contribution >= 4 is 27.6 Å². The summed E-state index contributed by atoms with van der Waals surface area (Å²) >= 11 is 0. The number of carbonyl (C=O) groups is 2. The van der Waals surface area contributed by atoms with Crippen LogP contribution in [-0.4, -0.2) is 43.8 Å². The number of sulfonamides is 1. The van der Waals surface area contributed by atoms with Gasteiger partial charge in [-0.25, -0.2) is 13.2 Å². The van der Waals surface area contributed by atoms with Gasteiger partial charge in [-0.2, -0.15) is 4.31 Å². The Morgan fingerprint density at radius 2 is 1.70 bits per heavy atom. The number of unbranched alkanes of at least 4 members (excludes halogenated alkanes) is 4.